The molecule has 3 N–H and O–H groups in total. The van der Waals surface area contributed by atoms with Crippen molar-refractivity contribution in [1.82, 2.24) is 20.0 Å². The molecule has 0 aliphatic heterocycles. The zero-order valence-electron chi connectivity index (χ0n) is 11.9. The highest BCUT2D eigenvalue weighted by Gasteiger charge is 2.18. The number of aryl methyl sites for hydroxylation is 1. The van der Waals surface area contributed by atoms with Crippen molar-refractivity contribution in [3.8, 4) is 11.4 Å². The third kappa shape index (κ3) is 2.56. The number of hydrogen-bond acceptors (Lipinski definition) is 4. The van der Waals surface area contributed by atoms with Gasteiger partial charge in [0.15, 0.2) is 11.4 Å². The van der Waals surface area contributed by atoms with Crippen LogP contribution in [0.5, 0.6) is 5.75 Å². The number of aromatic nitrogens is 4. The van der Waals surface area contributed by atoms with E-state index < -0.39 is 5.91 Å². The van der Waals surface area contributed by atoms with Crippen LogP contribution in [0.4, 0.5) is 5.69 Å². The van der Waals surface area contributed by atoms with Crippen molar-refractivity contribution in [2.24, 2.45) is 0 Å². The molecule has 3 rings (SSSR count). The summed E-state index contributed by atoms with van der Waals surface area (Å²) >= 11 is 0. The van der Waals surface area contributed by atoms with Gasteiger partial charge in [-0.15, -0.1) is 0 Å². The number of H-pyrrole nitrogens is 1. The molecule has 1 amide bonds. The Morgan fingerprint density at radius 2 is 2.23 bits per heavy atom. The second-order valence-electron chi connectivity index (χ2n) is 4.73. The van der Waals surface area contributed by atoms with Gasteiger partial charge in [-0.2, -0.15) is 10.2 Å². The Bertz CT molecular complexity index is 792. The van der Waals surface area contributed by atoms with Crippen molar-refractivity contribution in [2.45, 2.75) is 13.3 Å². The molecule has 7 heteroatoms. The Balaban J connectivity index is 1.92. The van der Waals surface area contributed by atoms with Gasteiger partial charge in [0.25, 0.3) is 5.91 Å². The molecule has 0 unspecified atom stereocenters. The molecule has 0 atom stereocenters. The largest absolute Gasteiger partial charge is 0.504 e. The van der Waals surface area contributed by atoms with E-state index in [2.05, 4.69) is 20.6 Å². The van der Waals surface area contributed by atoms with Crippen LogP contribution in [0.25, 0.3) is 5.69 Å². The fraction of sp³-hybridized carbons (Fsp3) is 0.133. The van der Waals surface area contributed by atoms with E-state index >= 15 is 0 Å². The Hall–Kier alpha value is -3.09. The van der Waals surface area contributed by atoms with Crippen LogP contribution in [0, 0.1) is 0 Å². The molecule has 2 heterocycles. The number of nitrogens with one attached hydrogen (secondary N) is 2. The molecule has 0 spiro atoms. The third-order valence-electron chi connectivity index (χ3n) is 3.29. The Morgan fingerprint density at radius 3 is 2.95 bits per heavy atom. The maximum atomic E-state index is 12.1. The summed E-state index contributed by atoms with van der Waals surface area (Å²) in [6.07, 6.45) is 5.27. The first-order valence-corrected chi connectivity index (χ1v) is 6.86. The number of carbonyl (C=O) groups excluding carboxylic acids is 1. The predicted molar refractivity (Wildman–Crippen MR) is 81.1 cm³/mol. The number of nitrogens with zero attached hydrogens (tertiary/aromatic N) is 3. The van der Waals surface area contributed by atoms with Crippen LogP contribution in [-0.2, 0) is 6.42 Å². The highest BCUT2D eigenvalue weighted by atomic mass is 16.3. The summed E-state index contributed by atoms with van der Waals surface area (Å²) in [7, 11) is 0. The van der Waals surface area contributed by atoms with Crippen LogP contribution in [0.15, 0.2) is 42.9 Å². The first-order chi connectivity index (χ1) is 10.7. The first-order valence-electron chi connectivity index (χ1n) is 6.86. The molecule has 2 aromatic heterocycles. The van der Waals surface area contributed by atoms with Gasteiger partial charge in [0.2, 0.25) is 0 Å². The standard InChI is InChI=1S/C15H15N5O2/c1-2-10-5-3-4-6-12(10)20-9-13(21)14(19-20)15(22)18-11-7-16-17-8-11/h3-9,21H,2H2,1H3,(H,16,17)(H,18,22). The van der Waals surface area contributed by atoms with Crippen LogP contribution in [0.1, 0.15) is 23.0 Å². The minimum Gasteiger partial charge on any atom is -0.504 e. The minimum atomic E-state index is -0.494. The van der Waals surface area contributed by atoms with Crippen LogP contribution in [-0.4, -0.2) is 31.0 Å². The van der Waals surface area contributed by atoms with E-state index in [9.17, 15) is 9.90 Å². The van der Waals surface area contributed by atoms with E-state index in [4.69, 9.17) is 0 Å². The Kier molecular flexibility index (Phi) is 3.61. The summed E-state index contributed by atoms with van der Waals surface area (Å²) in [6, 6.07) is 7.71. The number of rotatable bonds is 4. The van der Waals surface area contributed by atoms with E-state index in [0.717, 1.165) is 17.7 Å². The number of aromatic hydroxyl groups is 1. The van der Waals surface area contributed by atoms with Gasteiger partial charge >= 0.3 is 0 Å². The van der Waals surface area contributed by atoms with Crippen molar-refractivity contribution >= 4 is 11.6 Å². The number of aromatic amines is 1. The van der Waals surface area contributed by atoms with Crippen molar-refractivity contribution in [1.29, 1.82) is 0 Å². The van der Waals surface area contributed by atoms with E-state index in [0.29, 0.717) is 5.69 Å². The maximum Gasteiger partial charge on any atom is 0.280 e. The highest BCUT2D eigenvalue weighted by Crippen LogP contribution is 2.21. The molecule has 112 valence electrons. The van der Waals surface area contributed by atoms with Crippen molar-refractivity contribution < 1.29 is 9.90 Å². The summed E-state index contributed by atoms with van der Waals surface area (Å²) < 4.78 is 1.51. The van der Waals surface area contributed by atoms with Crippen LogP contribution < -0.4 is 5.32 Å². The monoisotopic (exact) mass is 297 g/mol. The molecule has 0 radical (unpaired) electrons. The topological polar surface area (TPSA) is 95.8 Å². The zero-order chi connectivity index (χ0) is 15.5. The lowest BCUT2D eigenvalue weighted by atomic mass is 10.1. The summed E-state index contributed by atoms with van der Waals surface area (Å²) in [4.78, 5) is 12.1. The van der Waals surface area contributed by atoms with Gasteiger partial charge in [-0.25, -0.2) is 4.68 Å². The molecule has 0 aliphatic carbocycles. The van der Waals surface area contributed by atoms with Gasteiger partial charge in [0.05, 0.1) is 23.8 Å². The van der Waals surface area contributed by atoms with Crippen molar-refractivity contribution in [2.75, 3.05) is 5.32 Å². The number of carbonyl (C=O) groups is 1. The number of para-hydroxylation sites is 1. The van der Waals surface area contributed by atoms with Crippen molar-refractivity contribution in [3.63, 3.8) is 0 Å². The smallest absolute Gasteiger partial charge is 0.280 e. The van der Waals surface area contributed by atoms with Gasteiger partial charge in [-0.3, -0.25) is 9.89 Å². The molecule has 7 nitrogen and oxygen atoms in total. The molecule has 3 aromatic rings. The first kappa shape index (κ1) is 13.9. The van der Waals surface area contributed by atoms with Gasteiger partial charge in [-0.1, -0.05) is 25.1 Å². The van der Waals surface area contributed by atoms with E-state index in [1.54, 1.807) is 6.20 Å². The lowest BCUT2D eigenvalue weighted by Crippen LogP contribution is -2.13. The molecule has 0 aliphatic rings. The fourth-order valence-corrected chi connectivity index (χ4v) is 2.19. The molecule has 0 saturated heterocycles. The number of hydrogen-bond donors (Lipinski definition) is 3. The quantitative estimate of drug-likeness (QED) is 0.687. The molecule has 0 fully saturated rings. The average molecular weight is 297 g/mol. The zero-order valence-corrected chi connectivity index (χ0v) is 11.9. The predicted octanol–water partition coefficient (Wildman–Crippen LogP) is 2.12. The SMILES string of the molecule is CCc1ccccc1-n1cc(O)c(C(=O)Nc2cn[nH]c2)n1. The maximum absolute atomic E-state index is 12.1. The van der Waals surface area contributed by atoms with Crippen molar-refractivity contribution in [3.05, 3.63) is 54.1 Å². The van der Waals surface area contributed by atoms with Crippen LogP contribution in [0.3, 0.4) is 0 Å². The van der Waals surface area contributed by atoms with Crippen LogP contribution >= 0.6 is 0 Å². The summed E-state index contributed by atoms with van der Waals surface area (Å²) in [6.45, 7) is 2.04. The number of amides is 1. The number of anilines is 1. The molecule has 0 bridgehead atoms. The van der Waals surface area contributed by atoms with Gasteiger partial charge in [0.1, 0.15) is 0 Å². The Morgan fingerprint density at radius 1 is 1.41 bits per heavy atom. The molecular formula is C15H15N5O2. The number of benzene rings is 1. The van der Waals surface area contributed by atoms with Crippen LogP contribution in [0.2, 0.25) is 0 Å². The summed E-state index contributed by atoms with van der Waals surface area (Å²) in [5, 5.41) is 23.1. The molecule has 1 aromatic carbocycles. The summed E-state index contributed by atoms with van der Waals surface area (Å²) in [5.41, 5.74) is 2.38. The van der Waals surface area contributed by atoms with Gasteiger partial charge in [-0.05, 0) is 18.1 Å². The Labute approximate surface area is 126 Å². The van der Waals surface area contributed by atoms with E-state index in [-0.39, 0.29) is 11.4 Å². The van der Waals surface area contributed by atoms with Gasteiger partial charge in [0, 0.05) is 6.20 Å². The lowest BCUT2D eigenvalue weighted by molar-refractivity contribution is 0.101. The second kappa shape index (κ2) is 5.72. The summed E-state index contributed by atoms with van der Waals surface area (Å²) in [5.74, 6) is -0.668. The van der Waals surface area contributed by atoms with E-state index in [1.165, 1.54) is 17.1 Å². The molecule has 0 saturated carbocycles. The fourth-order valence-electron chi connectivity index (χ4n) is 2.19. The molecular weight excluding hydrogens is 282 g/mol. The van der Waals surface area contributed by atoms with E-state index in [1.807, 2.05) is 31.2 Å². The van der Waals surface area contributed by atoms with Gasteiger partial charge < -0.3 is 10.4 Å². The lowest BCUT2D eigenvalue weighted by Gasteiger charge is -2.06. The second-order valence-corrected chi connectivity index (χ2v) is 4.73. The molecule has 22 heavy (non-hydrogen) atoms. The highest BCUT2D eigenvalue weighted by molar-refractivity contribution is 6.04. The minimum absolute atomic E-state index is 0.0351. The third-order valence-corrected chi connectivity index (χ3v) is 3.29. The normalized spacial score (nSPS) is 10.6. The average Bonchev–Trinajstić information content (AvgIpc) is 3.16.